The minimum atomic E-state index is -0.173. The van der Waals surface area contributed by atoms with Crippen molar-refractivity contribution in [1.29, 1.82) is 0 Å². The van der Waals surface area contributed by atoms with Gasteiger partial charge in [-0.05, 0) is 44.7 Å². The average Bonchev–Trinajstić information content (AvgIpc) is 2.42. The van der Waals surface area contributed by atoms with Crippen molar-refractivity contribution in [2.24, 2.45) is 0 Å². The highest BCUT2D eigenvalue weighted by Gasteiger charge is 2.04. The Morgan fingerprint density at radius 3 is 2.35 bits per heavy atom. The molecule has 0 atom stereocenters. The molecule has 0 fully saturated rings. The van der Waals surface area contributed by atoms with Gasteiger partial charge in [0.05, 0.1) is 6.42 Å². The third-order valence-electron chi connectivity index (χ3n) is 2.86. The molecule has 0 saturated carbocycles. The zero-order valence-corrected chi connectivity index (χ0v) is 12.7. The van der Waals surface area contributed by atoms with Crippen LogP contribution >= 0.6 is 0 Å². The van der Waals surface area contributed by atoms with Gasteiger partial charge in [0, 0.05) is 0 Å². The highest BCUT2D eigenvalue weighted by Crippen LogP contribution is 2.04. The first-order chi connectivity index (χ1) is 9.58. The topological polar surface area (TPSA) is 26.3 Å². The van der Waals surface area contributed by atoms with Crippen molar-refractivity contribution in [3.8, 4) is 0 Å². The van der Waals surface area contributed by atoms with Crippen LogP contribution in [0, 0.1) is 0 Å². The van der Waals surface area contributed by atoms with Crippen molar-refractivity contribution in [3.05, 3.63) is 59.2 Å². The molecule has 0 spiro atoms. The van der Waals surface area contributed by atoms with Crippen molar-refractivity contribution < 1.29 is 9.53 Å². The van der Waals surface area contributed by atoms with E-state index in [0.29, 0.717) is 13.0 Å². The molecular weight excluding hydrogens is 248 g/mol. The van der Waals surface area contributed by atoms with Gasteiger partial charge < -0.3 is 4.74 Å². The molecule has 0 N–H and O–H groups in total. The summed E-state index contributed by atoms with van der Waals surface area (Å²) in [5.41, 5.74) is 3.43. The lowest BCUT2D eigenvalue weighted by atomic mass is 10.1. The number of esters is 1. The summed E-state index contributed by atoms with van der Waals surface area (Å²) in [7, 11) is 0. The van der Waals surface area contributed by atoms with E-state index >= 15 is 0 Å². The average molecular weight is 272 g/mol. The first-order valence-electron chi connectivity index (χ1n) is 7.06. The number of allylic oxidation sites excluding steroid dienone is 3. The summed E-state index contributed by atoms with van der Waals surface area (Å²) in [6, 6.07) is 9.66. The molecular formula is C18H24O2. The third kappa shape index (κ3) is 7.57. The lowest BCUT2D eigenvalue weighted by Gasteiger charge is -2.05. The van der Waals surface area contributed by atoms with E-state index in [4.69, 9.17) is 4.74 Å². The van der Waals surface area contributed by atoms with Gasteiger partial charge in [-0.25, -0.2) is 0 Å². The zero-order chi connectivity index (χ0) is 14.8. The molecule has 0 aliphatic rings. The Balaban J connectivity index is 2.26. The van der Waals surface area contributed by atoms with Crippen LogP contribution in [0.15, 0.2) is 53.6 Å². The minimum absolute atomic E-state index is 0.173. The molecule has 1 aromatic rings. The third-order valence-corrected chi connectivity index (χ3v) is 2.86. The highest BCUT2D eigenvalue weighted by molar-refractivity contribution is 5.72. The summed E-state index contributed by atoms with van der Waals surface area (Å²) in [6.07, 6.45) is 6.72. The fraction of sp³-hybridized carbons (Fsp3) is 0.389. The largest absolute Gasteiger partial charge is 0.461 e. The number of unbranched alkanes of at least 4 members (excludes halogenated alkanes) is 1. The van der Waals surface area contributed by atoms with Crippen LogP contribution < -0.4 is 0 Å². The predicted molar refractivity (Wildman–Crippen MR) is 83.5 cm³/mol. The number of ether oxygens (including phenoxy) is 1. The summed E-state index contributed by atoms with van der Waals surface area (Å²) in [4.78, 5) is 11.7. The Hall–Kier alpha value is -1.83. The van der Waals surface area contributed by atoms with Crippen LogP contribution in [-0.4, -0.2) is 12.6 Å². The lowest BCUT2D eigenvalue weighted by molar-refractivity contribution is -0.141. The number of hydrogen-bond donors (Lipinski definition) is 0. The SMILES string of the molecule is CC(C)=CCC/C=C(\C)COC(=O)Cc1ccccc1. The molecule has 2 heteroatoms. The van der Waals surface area contributed by atoms with Gasteiger partial charge in [-0.3, -0.25) is 4.79 Å². The summed E-state index contributed by atoms with van der Waals surface area (Å²) >= 11 is 0. The first kappa shape index (κ1) is 16.2. The van der Waals surface area contributed by atoms with E-state index in [2.05, 4.69) is 26.0 Å². The van der Waals surface area contributed by atoms with Crippen LogP contribution in [0.3, 0.4) is 0 Å². The van der Waals surface area contributed by atoms with Gasteiger partial charge in [0.2, 0.25) is 0 Å². The van der Waals surface area contributed by atoms with Gasteiger partial charge in [0.1, 0.15) is 6.61 Å². The molecule has 2 nitrogen and oxygen atoms in total. The van der Waals surface area contributed by atoms with Gasteiger partial charge in [-0.2, -0.15) is 0 Å². The number of carbonyl (C=O) groups excluding carboxylic acids is 1. The van der Waals surface area contributed by atoms with Crippen molar-refractivity contribution >= 4 is 5.97 Å². The molecule has 20 heavy (non-hydrogen) atoms. The maximum absolute atomic E-state index is 11.7. The Morgan fingerprint density at radius 1 is 1.05 bits per heavy atom. The van der Waals surface area contributed by atoms with Crippen molar-refractivity contribution in [1.82, 2.24) is 0 Å². The number of carbonyl (C=O) groups is 1. The zero-order valence-electron chi connectivity index (χ0n) is 12.7. The molecule has 0 amide bonds. The van der Waals surface area contributed by atoms with Gasteiger partial charge in [-0.15, -0.1) is 0 Å². The fourth-order valence-electron chi connectivity index (χ4n) is 1.77. The number of rotatable bonds is 7. The number of benzene rings is 1. The van der Waals surface area contributed by atoms with Gasteiger partial charge in [0.15, 0.2) is 0 Å². The van der Waals surface area contributed by atoms with Crippen LogP contribution in [0.2, 0.25) is 0 Å². The molecule has 1 aromatic carbocycles. The molecule has 108 valence electrons. The van der Waals surface area contributed by atoms with E-state index in [9.17, 15) is 4.79 Å². The second-order valence-corrected chi connectivity index (χ2v) is 5.23. The lowest BCUT2D eigenvalue weighted by Crippen LogP contribution is -2.09. The van der Waals surface area contributed by atoms with E-state index in [0.717, 1.165) is 24.0 Å². The molecule has 0 aliphatic heterocycles. The smallest absolute Gasteiger partial charge is 0.310 e. The van der Waals surface area contributed by atoms with Crippen LogP contribution in [0.4, 0.5) is 0 Å². The number of hydrogen-bond acceptors (Lipinski definition) is 2. The van der Waals surface area contributed by atoms with Crippen LogP contribution in [0.1, 0.15) is 39.2 Å². The Kier molecular flexibility index (Phi) is 7.41. The van der Waals surface area contributed by atoms with Crippen molar-refractivity contribution in [2.45, 2.75) is 40.0 Å². The summed E-state index contributed by atoms with van der Waals surface area (Å²) in [5, 5.41) is 0. The molecule has 0 aromatic heterocycles. The molecule has 0 aliphatic carbocycles. The molecule has 0 unspecified atom stereocenters. The maximum atomic E-state index is 11.7. The Morgan fingerprint density at radius 2 is 1.70 bits per heavy atom. The molecule has 0 heterocycles. The highest BCUT2D eigenvalue weighted by atomic mass is 16.5. The Bertz CT molecular complexity index is 465. The van der Waals surface area contributed by atoms with Crippen LogP contribution in [-0.2, 0) is 16.0 Å². The standard InChI is InChI=1S/C18H24O2/c1-15(2)9-7-8-10-16(3)14-20-18(19)13-17-11-5-4-6-12-17/h4-6,9-12H,7-8,13-14H2,1-3H3/b16-10+. The summed E-state index contributed by atoms with van der Waals surface area (Å²) in [5.74, 6) is -0.173. The second-order valence-electron chi connectivity index (χ2n) is 5.23. The van der Waals surface area contributed by atoms with Gasteiger partial charge in [-0.1, -0.05) is 48.1 Å². The minimum Gasteiger partial charge on any atom is -0.461 e. The van der Waals surface area contributed by atoms with E-state index in [1.807, 2.05) is 37.3 Å². The van der Waals surface area contributed by atoms with Gasteiger partial charge in [0.25, 0.3) is 0 Å². The fourth-order valence-corrected chi connectivity index (χ4v) is 1.77. The molecule has 0 radical (unpaired) electrons. The summed E-state index contributed by atoms with van der Waals surface area (Å²) < 4.78 is 5.26. The predicted octanol–water partition coefficient (Wildman–Crippen LogP) is 4.47. The monoisotopic (exact) mass is 272 g/mol. The maximum Gasteiger partial charge on any atom is 0.310 e. The Labute approximate surface area is 122 Å². The second kappa shape index (κ2) is 9.13. The van der Waals surface area contributed by atoms with Crippen molar-refractivity contribution in [2.75, 3.05) is 6.61 Å². The van der Waals surface area contributed by atoms with Gasteiger partial charge >= 0.3 is 5.97 Å². The van der Waals surface area contributed by atoms with E-state index in [1.165, 1.54) is 5.57 Å². The van der Waals surface area contributed by atoms with E-state index < -0.39 is 0 Å². The van der Waals surface area contributed by atoms with E-state index in [1.54, 1.807) is 0 Å². The van der Waals surface area contributed by atoms with Crippen LogP contribution in [0.5, 0.6) is 0 Å². The molecule has 0 saturated heterocycles. The normalized spacial score (nSPS) is 11.1. The molecule has 0 bridgehead atoms. The van der Waals surface area contributed by atoms with E-state index in [-0.39, 0.29) is 5.97 Å². The molecule has 1 rings (SSSR count). The van der Waals surface area contributed by atoms with Crippen molar-refractivity contribution in [3.63, 3.8) is 0 Å². The first-order valence-corrected chi connectivity index (χ1v) is 7.06. The summed E-state index contributed by atoms with van der Waals surface area (Å²) in [6.45, 7) is 6.59. The quantitative estimate of drug-likeness (QED) is 0.416. The van der Waals surface area contributed by atoms with Crippen LogP contribution in [0.25, 0.3) is 0 Å².